The van der Waals surface area contributed by atoms with Crippen molar-refractivity contribution in [1.82, 2.24) is 14.7 Å². The maximum Gasteiger partial charge on any atom is 0.276 e. The van der Waals surface area contributed by atoms with Gasteiger partial charge in [-0.05, 0) is 42.5 Å². The number of hydrogen-bond acceptors (Lipinski definition) is 5. The Kier molecular flexibility index (Phi) is 6.16. The Morgan fingerprint density at radius 1 is 0.971 bits per heavy atom. The molecule has 1 fully saturated rings. The molecule has 34 heavy (non-hydrogen) atoms. The molecule has 3 heterocycles. The van der Waals surface area contributed by atoms with E-state index in [0.29, 0.717) is 59.7 Å². The van der Waals surface area contributed by atoms with E-state index in [1.54, 1.807) is 76.5 Å². The quantitative estimate of drug-likeness (QED) is 0.457. The number of anilines is 1. The van der Waals surface area contributed by atoms with Crippen LogP contribution in [0, 0.1) is 0 Å². The van der Waals surface area contributed by atoms with Gasteiger partial charge in [-0.2, -0.15) is 5.10 Å². The molecule has 0 spiro atoms. The van der Waals surface area contributed by atoms with Crippen molar-refractivity contribution < 1.29 is 18.7 Å². The van der Waals surface area contributed by atoms with Crippen LogP contribution in [0.4, 0.5) is 5.69 Å². The molecule has 0 unspecified atom stereocenters. The Morgan fingerprint density at radius 3 is 2.56 bits per heavy atom. The predicted octanol–water partition coefficient (Wildman–Crippen LogP) is 4.51. The van der Waals surface area contributed by atoms with Gasteiger partial charge in [-0.25, -0.2) is 4.68 Å². The number of nitrogens with one attached hydrogen (secondary N) is 1. The van der Waals surface area contributed by atoms with Crippen LogP contribution in [0.3, 0.4) is 0 Å². The third-order valence-corrected chi connectivity index (χ3v) is 5.71. The number of aromatic nitrogens is 2. The zero-order chi connectivity index (χ0) is 23.5. The number of benzene rings is 2. The molecule has 1 aliphatic heterocycles. The summed E-state index contributed by atoms with van der Waals surface area (Å²) in [7, 11) is 0. The summed E-state index contributed by atoms with van der Waals surface area (Å²) in [6.45, 7) is 2.02. The van der Waals surface area contributed by atoms with E-state index in [2.05, 4.69) is 10.4 Å². The molecule has 2 aromatic heterocycles. The molecule has 1 aliphatic rings. The minimum absolute atomic E-state index is 0.153. The number of furan rings is 1. The highest BCUT2D eigenvalue weighted by Gasteiger charge is 2.23. The number of para-hydroxylation sites is 1. The maximum absolute atomic E-state index is 13.2. The Balaban J connectivity index is 1.46. The molecule has 5 rings (SSSR count). The molecule has 2 aromatic carbocycles. The average Bonchev–Trinajstić information content (AvgIpc) is 3.55. The number of morpholine rings is 1. The minimum Gasteiger partial charge on any atom is -0.463 e. The van der Waals surface area contributed by atoms with Crippen molar-refractivity contribution >= 4 is 29.1 Å². The van der Waals surface area contributed by atoms with Gasteiger partial charge < -0.3 is 19.4 Å². The molecular formula is C25H21ClN4O4. The smallest absolute Gasteiger partial charge is 0.276 e. The highest BCUT2D eigenvalue weighted by Crippen LogP contribution is 2.27. The first-order valence-electron chi connectivity index (χ1n) is 10.8. The average molecular weight is 477 g/mol. The van der Waals surface area contributed by atoms with Gasteiger partial charge in [-0.1, -0.05) is 29.8 Å². The van der Waals surface area contributed by atoms with E-state index in [9.17, 15) is 9.59 Å². The van der Waals surface area contributed by atoms with E-state index in [4.69, 9.17) is 20.8 Å². The third-order valence-electron chi connectivity index (χ3n) is 5.47. The SMILES string of the molecule is O=C(Nc1ccccc1C(=O)N1CCOCC1)c1cc(-c2ccco2)n(-c2cccc(Cl)c2)n1. The lowest BCUT2D eigenvalue weighted by atomic mass is 10.1. The van der Waals surface area contributed by atoms with Gasteiger partial charge in [0.05, 0.1) is 36.4 Å². The first kappa shape index (κ1) is 21.9. The summed E-state index contributed by atoms with van der Waals surface area (Å²) >= 11 is 6.17. The van der Waals surface area contributed by atoms with Gasteiger partial charge in [-0.3, -0.25) is 9.59 Å². The van der Waals surface area contributed by atoms with Crippen LogP contribution in [0.15, 0.2) is 77.4 Å². The van der Waals surface area contributed by atoms with Crippen molar-refractivity contribution in [2.75, 3.05) is 31.6 Å². The summed E-state index contributed by atoms with van der Waals surface area (Å²) in [4.78, 5) is 28.0. The molecule has 0 aliphatic carbocycles. The van der Waals surface area contributed by atoms with Crippen LogP contribution >= 0.6 is 11.6 Å². The van der Waals surface area contributed by atoms with E-state index in [0.717, 1.165) is 0 Å². The molecule has 1 saturated heterocycles. The van der Waals surface area contributed by atoms with Crippen molar-refractivity contribution in [3.05, 3.63) is 89.3 Å². The van der Waals surface area contributed by atoms with E-state index >= 15 is 0 Å². The van der Waals surface area contributed by atoms with Crippen molar-refractivity contribution in [3.8, 4) is 17.1 Å². The summed E-state index contributed by atoms with van der Waals surface area (Å²) in [5, 5.41) is 7.90. The number of amides is 2. The monoisotopic (exact) mass is 476 g/mol. The molecule has 8 nitrogen and oxygen atoms in total. The largest absolute Gasteiger partial charge is 0.463 e. The molecule has 0 bridgehead atoms. The summed E-state index contributed by atoms with van der Waals surface area (Å²) in [6, 6.07) is 19.3. The van der Waals surface area contributed by atoms with Crippen molar-refractivity contribution in [1.29, 1.82) is 0 Å². The predicted molar refractivity (Wildman–Crippen MR) is 127 cm³/mol. The number of ether oxygens (including phenoxy) is 1. The van der Waals surface area contributed by atoms with Crippen LogP contribution in [0.25, 0.3) is 17.1 Å². The molecular weight excluding hydrogens is 456 g/mol. The topological polar surface area (TPSA) is 89.6 Å². The number of nitrogens with zero attached hydrogens (tertiary/aromatic N) is 3. The molecule has 2 amide bonds. The highest BCUT2D eigenvalue weighted by molar-refractivity contribution is 6.30. The molecule has 9 heteroatoms. The van der Waals surface area contributed by atoms with Crippen LogP contribution in [-0.4, -0.2) is 52.8 Å². The van der Waals surface area contributed by atoms with Crippen LogP contribution in [-0.2, 0) is 4.74 Å². The molecule has 0 radical (unpaired) electrons. The maximum atomic E-state index is 13.2. The van der Waals surface area contributed by atoms with Crippen molar-refractivity contribution in [2.24, 2.45) is 0 Å². The second kappa shape index (κ2) is 9.54. The number of hydrogen-bond donors (Lipinski definition) is 1. The van der Waals surface area contributed by atoms with Crippen LogP contribution < -0.4 is 5.32 Å². The third kappa shape index (κ3) is 4.46. The Bertz CT molecular complexity index is 1330. The summed E-state index contributed by atoms with van der Waals surface area (Å²) in [5.41, 5.74) is 2.27. The lowest BCUT2D eigenvalue weighted by Crippen LogP contribution is -2.41. The molecule has 0 atom stereocenters. The second-order valence-corrected chi connectivity index (χ2v) is 8.12. The number of rotatable bonds is 5. The van der Waals surface area contributed by atoms with Gasteiger partial charge in [0.15, 0.2) is 11.5 Å². The van der Waals surface area contributed by atoms with Gasteiger partial charge in [0, 0.05) is 24.2 Å². The first-order valence-corrected chi connectivity index (χ1v) is 11.2. The van der Waals surface area contributed by atoms with E-state index in [1.807, 2.05) is 6.07 Å². The summed E-state index contributed by atoms with van der Waals surface area (Å²) in [6.07, 6.45) is 1.55. The normalized spacial score (nSPS) is 13.6. The Labute approximate surface area is 200 Å². The second-order valence-electron chi connectivity index (χ2n) is 7.69. The standard InChI is InChI=1S/C25H21ClN4O4/c26-17-5-3-6-18(15-17)30-22(23-9-4-12-34-23)16-21(28-30)24(31)27-20-8-2-1-7-19(20)25(32)29-10-13-33-14-11-29/h1-9,12,15-16H,10-11,13-14H2,(H,27,31). The van der Waals surface area contributed by atoms with Crippen molar-refractivity contribution in [2.45, 2.75) is 0 Å². The van der Waals surface area contributed by atoms with Gasteiger partial charge in [0.1, 0.15) is 5.69 Å². The molecule has 4 aromatic rings. The van der Waals surface area contributed by atoms with E-state index < -0.39 is 5.91 Å². The van der Waals surface area contributed by atoms with E-state index in [1.165, 1.54) is 0 Å². The van der Waals surface area contributed by atoms with Crippen LogP contribution in [0.5, 0.6) is 0 Å². The van der Waals surface area contributed by atoms with Gasteiger partial charge in [0.25, 0.3) is 11.8 Å². The highest BCUT2D eigenvalue weighted by atomic mass is 35.5. The Morgan fingerprint density at radius 2 is 1.79 bits per heavy atom. The molecule has 1 N–H and O–H groups in total. The number of halogens is 1. The van der Waals surface area contributed by atoms with Gasteiger partial charge >= 0.3 is 0 Å². The summed E-state index contributed by atoms with van der Waals surface area (Å²) < 4.78 is 12.5. The van der Waals surface area contributed by atoms with Crippen molar-refractivity contribution in [3.63, 3.8) is 0 Å². The molecule has 0 saturated carbocycles. The number of carbonyl (C=O) groups excluding carboxylic acids is 2. The fraction of sp³-hybridized carbons (Fsp3) is 0.160. The zero-order valence-electron chi connectivity index (χ0n) is 18.1. The fourth-order valence-corrected chi connectivity index (χ4v) is 3.98. The van der Waals surface area contributed by atoms with Gasteiger partial charge in [-0.15, -0.1) is 0 Å². The van der Waals surface area contributed by atoms with Crippen LogP contribution in [0.1, 0.15) is 20.8 Å². The molecule has 172 valence electrons. The minimum atomic E-state index is -0.448. The zero-order valence-corrected chi connectivity index (χ0v) is 18.9. The van der Waals surface area contributed by atoms with Gasteiger partial charge in [0.2, 0.25) is 0 Å². The lowest BCUT2D eigenvalue weighted by Gasteiger charge is -2.27. The van der Waals surface area contributed by atoms with Crippen LogP contribution in [0.2, 0.25) is 5.02 Å². The fourth-order valence-electron chi connectivity index (χ4n) is 3.80. The lowest BCUT2D eigenvalue weighted by molar-refractivity contribution is 0.0303. The Hall–Kier alpha value is -3.88. The number of carbonyl (C=O) groups is 2. The first-order chi connectivity index (χ1) is 16.6. The van der Waals surface area contributed by atoms with E-state index in [-0.39, 0.29) is 11.6 Å². The summed E-state index contributed by atoms with van der Waals surface area (Å²) in [5.74, 6) is -0.0508.